The van der Waals surface area contributed by atoms with Crippen molar-refractivity contribution in [2.45, 2.75) is 56.7 Å². The molecule has 2 saturated heterocycles. The van der Waals surface area contributed by atoms with E-state index in [4.69, 9.17) is 9.47 Å². The second-order valence-electron chi connectivity index (χ2n) is 6.81. The van der Waals surface area contributed by atoms with Crippen LogP contribution in [0.5, 0.6) is 0 Å². The number of epoxide rings is 2. The van der Waals surface area contributed by atoms with Gasteiger partial charge in [-0.15, -0.1) is 0 Å². The van der Waals surface area contributed by atoms with E-state index in [2.05, 4.69) is 24.3 Å². The van der Waals surface area contributed by atoms with Crippen molar-refractivity contribution in [3.05, 3.63) is 35.4 Å². The second-order valence-corrected chi connectivity index (χ2v) is 6.81. The average molecular weight is 272 g/mol. The Morgan fingerprint density at radius 1 is 0.850 bits per heavy atom. The number of ether oxygens (including phenoxy) is 2. The van der Waals surface area contributed by atoms with Gasteiger partial charge in [0.1, 0.15) is 0 Å². The van der Waals surface area contributed by atoms with Crippen LogP contribution in [0.3, 0.4) is 0 Å². The van der Waals surface area contributed by atoms with Crippen molar-refractivity contribution < 1.29 is 9.47 Å². The Kier molecular flexibility index (Phi) is 3.53. The van der Waals surface area contributed by atoms with E-state index in [1.165, 1.54) is 37.7 Å². The van der Waals surface area contributed by atoms with Crippen LogP contribution >= 0.6 is 0 Å². The number of benzene rings is 1. The SMILES string of the molecule is c1cc(C2CCC(CC3CO3)CC2)ccc1CC1CO1. The van der Waals surface area contributed by atoms with Gasteiger partial charge in [-0.1, -0.05) is 24.3 Å². The number of hydrogen-bond acceptors (Lipinski definition) is 2. The van der Waals surface area contributed by atoms with Gasteiger partial charge in [-0.05, 0) is 55.1 Å². The fraction of sp³-hybridized carbons (Fsp3) is 0.667. The third-order valence-electron chi connectivity index (χ3n) is 5.16. The molecule has 0 amide bonds. The standard InChI is InChI=1S/C18H24O2/c1-5-15(6-2-13(1)9-17-11-19-17)16-7-3-14(4-8-16)10-18-12-20-18/h1-2,5-6,14,16-18H,3-4,7-12H2. The summed E-state index contributed by atoms with van der Waals surface area (Å²) in [5, 5.41) is 0. The predicted molar refractivity (Wildman–Crippen MR) is 78.9 cm³/mol. The summed E-state index contributed by atoms with van der Waals surface area (Å²) in [6.45, 7) is 1.97. The molecule has 0 bridgehead atoms. The van der Waals surface area contributed by atoms with Crippen LogP contribution in [0.2, 0.25) is 0 Å². The van der Waals surface area contributed by atoms with E-state index in [1.54, 1.807) is 5.56 Å². The maximum absolute atomic E-state index is 5.36. The lowest BCUT2D eigenvalue weighted by Crippen LogP contribution is -2.15. The minimum atomic E-state index is 0.501. The molecule has 0 radical (unpaired) electrons. The van der Waals surface area contributed by atoms with Crippen LogP contribution in [0.15, 0.2) is 24.3 Å². The molecule has 0 spiro atoms. The highest BCUT2D eigenvalue weighted by atomic mass is 16.6. The third-order valence-corrected chi connectivity index (χ3v) is 5.16. The van der Waals surface area contributed by atoms with Crippen LogP contribution < -0.4 is 0 Å². The molecule has 1 saturated carbocycles. The fourth-order valence-electron chi connectivity index (χ4n) is 3.68. The van der Waals surface area contributed by atoms with E-state index in [9.17, 15) is 0 Å². The van der Waals surface area contributed by atoms with E-state index >= 15 is 0 Å². The van der Waals surface area contributed by atoms with E-state index in [-0.39, 0.29) is 0 Å². The van der Waals surface area contributed by atoms with E-state index in [1.807, 2.05) is 0 Å². The molecular weight excluding hydrogens is 248 g/mol. The van der Waals surface area contributed by atoms with Gasteiger partial charge in [-0.2, -0.15) is 0 Å². The van der Waals surface area contributed by atoms with Crippen LogP contribution in [0.25, 0.3) is 0 Å². The first-order valence-electron chi connectivity index (χ1n) is 8.19. The summed E-state index contributed by atoms with van der Waals surface area (Å²) in [7, 11) is 0. The van der Waals surface area contributed by atoms with Crippen molar-refractivity contribution >= 4 is 0 Å². The maximum atomic E-state index is 5.36. The summed E-state index contributed by atoms with van der Waals surface area (Å²) in [4.78, 5) is 0. The first-order chi connectivity index (χ1) is 9.87. The third kappa shape index (κ3) is 3.24. The summed E-state index contributed by atoms with van der Waals surface area (Å²) >= 11 is 0. The molecule has 2 atom stereocenters. The van der Waals surface area contributed by atoms with Gasteiger partial charge in [0, 0.05) is 6.42 Å². The van der Waals surface area contributed by atoms with Gasteiger partial charge in [0.05, 0.1) is 25.4 Å². The Labute approximate surface area is 121 Å². The zero-order valence-corrected chi connectivity index (χ0v) is 12.1. The monoisotopic (exact) mass is 272 g/mol. The van der Waals surface area contributed by atoms with Crippen molar-refractivity contribution in [3.8, 4) is 0 Å². The topological polar surface area (TPSA) is 25.1 Å². The molecule has 2 heterocycles. The van der Waals surface area contributed by atoms with E-state index in [0.717, 1.165) is 31.5 Å². The molecular formula is C18H24O2. The molecule has 2 nitrogen and oxygen atoms in total. The Balaban J connectivity index is 1.30. The molecule has 4 rings (SSSR count). The van der Waals surface area contributed by atoms with Crippen LogP contribution in [-0.4, -0.2) is 25.4 Å². The fourth-order valence-corrected chi connectivity index (χ4v) is 3.68. The quantitative estimate of drug-likeness (QED) is 0.764. The molecule has 1 aliphatic carbocycles. The molecule has 0 aromatic heterocycles. The zero-order valence-electron chi connectivity index (χ0n) is 12.1. The van der Waals surface area contributed by atoms with Crippen molar-refractivity contribution in [2.75, 3.05) is 13.2 Å². The number of rotatable bonds is 5. The van der Waals surface area contributed by atoms with Gasteiger partial charge >= 0.3 is 0 Å². The highest BCUT2D eigenvalue weighted by Gasteiger charge is 2.30. The molecule has 1 aromatic rings. The van der Waals surface area contributed by atoms with E-state index < -0.39 is 0 Å². The summed E-state index contributed by atoms with van der Waals surface area (Å²) < 4.78 is 10.7. The lowest BCUT2D eigenvalue weighted by atomic mass is 9.77. The molecule has 2 unspecified atom stereocenters. The lowest BCUT2D eigenvalue weighted by Gasteiger charge is -2.28. The lowest BCUT2D eigenvalue weighted by molar-refractivity contribution is 0.276. The van der Waals surface area contributed by atoms with Gasteiger partial charge in [0.2, 0.25) is 0 Å². The highest BCUT2D eigenvalue weighted by molar-refractivity contribution is 5.26. The molecule has 1 aromatic carbocycles. The van der Waals surface area contributed by atoms with Crippen LogP contribution in [0.4, 0.5) is 0 Å². The first kappa shape index (κ1) is 12.8. The predicted octanol–water partition coefficient (Wildman–Crippen LogP) is 3.69. The molecule has 3 fully saturated rings. The zero-order chi connectivity index (χ0) is 13.4. The largest absolute Gasteiger partial charge is 0.373 e. The van der Waals surface area contributed by atoms with Crippen molar-refractivity contribution in [1.29, 1.82) is 0 Å². The summed E-state index contributed by atoms with van der Waals surface area (Å²) in [5.41, 5.74) is 2.97. The molecule has 2 heteroatoms. The van der Waals surface area contributed by atoms with Gasteiger partial charge in [0.25, 0.3) is 0 Å². The first-order valence-corrected chi connectivity index (χ1v) is 8.19. The minimum Gasteiger partial charge on any atom is -0.373 e. The molecule has 20 heavy (non-hydrogen) atoms. The summed E-state index contributed by atoms with van der Waals surface area (Å²) in [6.07, 6.45) is 9.03. The molecule has 3 aliphatic rings. The van der Waals surface area contributed by atoms with Gasteiger partial charge < -0.3 is 9.47 Å². The normalized spacial score (nSPS) is 35.8. The smallest absolute Gasteiger partial charge is 0.0850 e. The van der Waals surface area contributed by atoms with Gasteiger partial charge in [-0.3, -0.25) is 0 Å². The molecule has 0 N–H and O–H groups in total. The summed E-state index contributed by atoms with van der Waals surface area (Å²) in [5.74, 6) is 1.71. The van der Waals surface area contributed by atoms with Crippen LogP contribution in [-0.2, 0) is 15.9 Å². The number of hydrogen-bond donors (Lipinski definition) is 0. The molecule has 2 aliphatic heterocycles. The second kappa shape index (κ2) is 5.50. The average Bonchev–Trinajstić information content (AvgIpc) is 3.37. The minimum absolute atomic E-state index is 0.501. The highest BCUT2D eigenvalue weighted by Crippen LogP contribution is 2.39. The summed E-state index contributed by atoms with van der Waals surface area (Å²) in [6, 6.07) is 9.32. The van der Waals surface area contributed by atoms with Crippen molar-refractivity contribution in [3.63, 3.8) is 0 Å². The Morgan fingerprint density at radius 2 is 1.50 bits per heavy atom. The van der Waals surface area contributed by atoms with Crippen LogP contribution in [0.1, 0.15) is 49.1 Å². The Morgan fingerprint density at radius 3 is 2.10 bits per heavy atom. The van der Waals surface area contributed by atoms with Gasteiger partial charge in [0.15, 0.2) is 0 Å². The molecule has 108 valence electrons. The van der Waals surface area contributed by atoms with Crippen molar-refractivity contribution in [2.24, 2.45) is 5.92 Å². The maximum Gasteiger partial charge on any atom is 0.0850 e. The van der Waals surface area contributed by atoms with Crippen LogP contribution in [0, 0.1) is 5.92 Å². The van der Waals surface area contributed by atoms with E-state index in [0.29, 0.717) is 12.2 Å². The Bertz CT molecular complexity index is 437. The van der Waals surface area contributed by atoms with Gasteiger partial charge in [-0.25, -0.2) is 0 Å². The van der Waals surface area contributed by atoms with Crippen molar-refractivity contribution in [1.82, 2.24) is 0 Å². The Hall–Kier alpha value is -0.860.